The molecule has 2 aliphatic rings. The average molecular weight is 338 g/mol. The second-order valence-electron chi connectivity index (χ2n) is 7.22. The van der Waals surface area contributed by atoms with Crippen molar-refractivity contribution in [1.82, 2.24) is 20.0 Å². The highest BCUT2D eigenvalue weighted by Crippen LogP contribution is 2.31. The fourth-order valence-corrected chi connectivity index (χ4v) is 4.07. The van der Waals surface area contributed by atoms with Gasteiger partial charge in [-0.2, -0.15) is 5.10 Å². The molecule has 0 radical (unpaired) electrons. The summed E-state index contributed by atoms with van der Waals surface area (Å²) in [7, 11) is 0. The minimum Gasteiger partial charge on any atom is -0.339 e. The molecular weight excluding hydrogens is 312 g/mol. The van der Waals surface area contributed by atoms with E-state index in [1.54, 1.807) is 6.20 Å². The van der Waals surface area contributed by atoms with Crippen LogP contribution in [0.2, 0.25) is 0 Å². The number of hydrogen-bond donors (Lipinski definition) is 1. The molecule has 0 saturated carbocycles. The quantitative estimate of drug-likeness (QED) is 0.936. The summed E-state index contributed by atoms with van der Waals surface area (Å²) in [4.78, 5) is 15.1. The lowest BCUT2D eigenvalue weighted by atomic mass is 9.91. The maximum Gasteiger partial charge on any atom is 0.257 e. The molecule has 2 aromatic rings. The first-order valence-electron chi connectivity index (χ1n) is 9.39. The zero-order valence-electron chi connectivity index (χ0n) is 14.9. The normalized spacial score (nSPS) is 18.7. The third-order valence-electron chi connectivity index (χ3n) is 5.40. The van der Waals surface area contributed by atoms with E-state index < -0.39 is 0 Å². The standard InChI is InChI=1S/C20H26N4O/c1-15-5-4-6-17(13-15)24-19(16-7-9-21-10-8-16)18(14-22-24)20(25)23-11-2-3-12-23/h4-6,13-14,16,21H,2-3,7-12H2,1H3. The van der Waals surface area contributed by atoms with E-state index in [4.69, 9.17) is 0 Å². The first-order chi connectivity index (χ1) is 12.2. The van der Waals surface area contributed by atoms with Gasteiger partial charge >= 0.3 is 0 Å². The lowest BCUT2D eigenvalue weighted by molar-refractivity contribution is 0.0791. The van der Waals surface area contributed by atoms with Crippen molar-refractivity contribution in [2.24, 2.45) is 0 Å². The van der Waals surface area contributed by atoms with Crippen LogP contribution in [-0.2, 0) is 0 Å². The highest BCUT2D eigenvalue weighted by Gasteiger charge is 2.30. The van der Waals surface area contributed by atoms with Crippen LogP contribution in [0.4, 0.5) is 0 Å². The highest BCUT2D eigenvalue weighted by atomic mass is 16.2. The number of aromatic nitrogens is 2. The molecule has 2 saturated heterocycles. The SMILES string of the molecule is Cc1cccc(-n2ncc(C(=O)N3CCCC3)c2C2CCNCC2)c1. The van der Waals surface area contributed by atoms with E-state index in [1.807, 2.05) is 9.58 Å². The lowest BCUT2D eigenvalue weighted by Gasteiger charge is -2.25. The van der Waals surface area contributed by atoms with E-state index in [2.05, 4.69) is 41.6 Å². The predicted octanol–water partition coefficient (Wildman–Crippen LogP) is 2.88. The van der Waals surface area contributed by atoms with Crippen molar-refractivity contribution in [2.45, 2.75) is 38.5 Å². The smallest absolute Gasteiger partial charge is 0.257 e. The van der Waals surface area contributed by atoms with Gasteiger partial charge in [-0.25, -0.2) is 4.68 Å². The number of benzene rings is 1. The van der Waals surface area contributed by atoms with Crippen molar-refractivity contribution in [3.63, 3.8) is 0 Å². The molecule has 0 bridgehead atoms. The summed E-state index contributed by atoms with van der Waals surface area (Å²) in [5.74, 6) is 0.538. The van der Waals surface area contributed by atoms with Crippen LogP contribution in [0, 0.1) is 6.92 Å². The van der Waals surface area contributed by atoms with Crippen LogP contribution in [0.5, 0.6) is 0 Å². The van der Waals surface area contributed by atoms with Gasteiger partial charge in [-0.1, -0.05) is 12.1 Å². The van der Waals surface area contributed by atoms with Crippen molar-refractivity contribution in [1.29, 1.82) is 0 Å². The van der Waals surface area contributed by atoms with E-state index in [0.29, 0.717) is 5.92 Å². The number of carbonyl (C=O) groups is 1. The molecule has 1 N–H and O–H groups in total. The summed E-state index contributed by atoms with van der Waals surface area (Å²) in [5, 5.41) is 8.07. The molecule has 4 rings (SSSR count). The van der Waals surface area contributed by atoms with Crippen molar-refractivity contribution in [3.8, 4) is 5.69 Å². The number of nitrogens with one attached hydrogen (secondary N) is 1. The Hall–Kier alpha value is -2.14. The van der Waals surface area contributed by atoms with Crippen LogP contribution in [-0.4, -0.2) is 46.8 Å². The van der Waals surface area contributed by atoms with Gasteiger partial charge in [0.1, 0.15) is 0 Å². The number of nitrogens with zero attached hydrogens (tertiary/aromatic N) is 3. The maximum atomic E-state index is 13.1. The van der Waals surface area contributed by atoms with E-state index in [-0.39, 0.29) is 5.91 Å². The Bertz CT molecular complexity index is 755. The molecule has 132 valence electrons. The molecule has 25 heavy (non-hydrogen) atoms. The topological polar surface area (TPSA) is 50.2 Å². The number of likely N-dealkylation sites (tertiary alicyclic amines) is 1. The number of piperidine rings is 1. The second-order valence-corrected chi connectivity index (χ2v) is 7.22. The molecule has 2 fully saturated rings. The van der Waals surface area contributed by atoms with Crippen molar-refractivity contribution >= 4 is 5.91 Å². The fraction of sp³-hybridized carbons (Fsp3) is 0.500. The molecule has 5 nitrogen and oxygen atoms in total. The molecule has 0 spiro atoms. The Balaban J connectivity index is 1.77. The molecule has 3 heterocycles. The van der Waals surface area contributed by atoms with E-state index in [1.165, 1.54) is 5.56 Å². The van der Waals surface area contributed by atoms with Gasteiger partial charge < -0.3 is 10.2 Å². The summed E-state index contributed by atoms with van der Waals surface area (Å²) in [6.45, 7) is 5.84. The third kappa shape index (κ3) is 3.21. The van der Waals surface area contributed by atoms with Crippen molar-refractivity contribution < 1.29 is 4.79 Å². The van der Waals surface area contributed by atoms with Crippen molar-refractivity contribution in [3.05, 3.63) is 47.3 Å². The first kappa shape index (κ1) is 16.3. The van der Waals surface area contributed by atoms with Gasteiger partial charge in [0.2, 0.25) is 0 Å². The summed E-state index contributed by atoms with van der Waals surface area (Å²) >= 11 is 0. The number of carbonyl (C=O) groups excluding carboxylic acids is 1. The molecule has 1 amide bonds. The molecule has 1 aromatic heterocycles. The van der Waals surface area contributed by atoms with Gasteiger partial charge in [-0.05, 0) is 63.4 Å². The van der Waals surface area contributed by atoms with E-state index in [9.17, 15) is 4.79 Å². The minimum atomic E-state index is 0.157. The number of amides is 1. The van der Waals surface area contributed by atoms with Gasteiger partial charge in [-0.15, -0.1) is 0 Å². The van der Waals surface area contributed by atoms with Gasteiger partial charge in [0.05, 0.1) is 23.1 Å². The zero-order valence-corrected chi connectivity index (χ0v) is 14.9. The Morgan fingerprint density at radius 3 is 2.68 bits per heavy atom. The van der Waals surface area contributed by atoms with Crippen LogP contribution < -0.4 is 5.32 Å². The fourth-order valence-electron chi connectivity index (χ4n) is 4.07. The summed E-state index contributed by atoms with van der Waals surface area (Å²) in [5.41, 5.74) is 4.16. The zero-order chi connectivity index (χ0) is 17.2. The van der Waals surface area contributed by atoms with Gasteiger partial charge in [-0.3, -0.25) is 4.79 Å². The minimum absolute atomic E-state index is 0.157. The molecule has 2 aliphatic heterocycles. The molecule has 0 aliphatic carbocycles. The van der Waals surface area contributed by atoms with Crippen LogP contribution in [0.1, 0.15) is 53.2 Å². The molecule has 0 atom stereocenters. The maximum absolute atomic E-state index is 13.1. The Labute approximate surface area is 149 Å². The number of hydrogen-bond acceptors (Lipinski definition) is 3. The van der Waals surface area contributed by atoms with Crippen molar-refractivity contribution in [2.75, 3.05) is 26.2 Å². The van der Waals surface area contributed by atoms with E-state index in [0.717, 1.165) is 68.8 Å². The largest absolute Gasteiger partial charge is 0.339 e. The Morgan fingerprint density at radius 1 is 1.20 bits per heavy atom. The summed E-state index contributed by atoms with van der Waals surface area (Å²) in [6, 6.07) is 8.37. The Kier molecular flexibility index (Phi) is 4.57. The number of aryl methyl sites for hydroxylation is 1. The molecule has 1 aromatic carbocycles. The summed E-state index contributed by atoms with van der Waals surface area (Å²) < 4.78 is 2.01. The lowest BCUT2D eigenvalue weighted by Crippen LogP contribution is -2.31. The van der Waals surface area contributed by atoms with Gasteiger partial charge in [0.25, 0.3) is 5.91 Å². The van der Waals surface area contributed by atoms with Gasteiger partial charge in [0.15, 0.2) is 0 Å². The molecule has 5 heteroatoms. The first-order valence-corrected chi connectivity index (χ1v) is 9.39. The van der Waals surface area contributed by atoms with Crippen LogP contribution >= 0.6 is 0 Å². The molecular formula is C20H26N4O. The van der Waals surface area contributed by atoms with Gasteiger partial charge in [0, 0.05) is 19.0 Å². The third-order valence-corrected chi connectivity index (χ3v) is 5.40. The van der Waals surface area contributed by atoms with Crippen LogP contribution in [0.25, 0.3) is 5.69 Å². The predicted molar refractivity (Wildman–Crippen MR) is 98.3 cm³/mol. The van der Waals surface area contributed by atoms with Crippen LogP contribution in [0.15, 0.2) is 30.5 Å². The summed E-state index contributed by atoms with van der Waals surface area (Å²) in [6.07, 6.45) is 6.12. The molecule has 0 unspecified atom stereocenters. The Morgan fingerprint density at radius 2 is 1.96 bits per heavy atom. The monoisotopic (exact) mass is 338 g/mol. The van der Waals surface area contributed by atoms with Crippen LogP contribution in [0.3, 0.4) is 0 Å². The number of rotatable bonds is 3. The van der Waals surface area contributed by atoms with E-state index >= 15 is 0 Å². The average Bonchev–Trinajstić information content (AvgIpc) is 3.32. The highest BCUT2D eigenvalue weighted by molar-refractivity contribution is 5.95. The second kappa shape index (κ2) is 7.00.